The predicted molar refractivity (Wildman–Crippen MR) is 190 cm³/mol. The van der Waals surface area contributed by atoms with Gasteiger partial charge in [-0.3, -0.25) is 14.7 Å². The van der Waals surface area contributed by atoms with Crippen LogP contribution in [0.3, 0.4) is 0 Å². The van der Waals surface area contributed by atoms with Crippen LogP contribution in [0, 0.1) is 18.8 Å². The molecule has 3 saturated carbocycles. The summed E-state index contributed by atoms with van der Waals surface area (Å²) >= 11 is 0. The fraction of sp³-hybridized carbons (Fsp3) is 0.615. The van der Waals surface area contributed by atoms with E-state index in [2.05, 4.69) is 17.9 Å². The van der Waals surface area contributed by atoms with Gasteiger partial charge in [0.2, 0.25) is 5.91 Å². The van der Waals surface area contributed by atoms with E-state index in [9.17, 15) is 9.59 Å². The van der Waals surface area contributed by atoms with Crippen LogP contribution in [0.1, 0.15) is 100 Å². The minimum atomic E-state index is -0.241. The summed E-state index contributed by atoms with van der Waals surface area (Å²) in [6, 6.07) is 8.05. The second-order valence-corrected chi connectivity index (χ2v) is 15.5. The molecule has 50 heavy (non-hydrogen) atoms. The molecule has 4 aliphatic rings. The fourth-order valence-electron chi connectivity index (χ4n) is 7.92. The molecule has 11 heteroatoms. The zero-order valence-corrected chi connectivity index (χ0v) is 30.3. The molecule has 0 atom stereocenters. The molecule has 0 aromatic carbocycles. The van der Waals surface area contributed by atoms with Crippen LogP contribution < -0.4 is 9.64 Å². The fourth-order valence-corrected chi connectivity index (χ4v) is 7.92. The molecular formula is C39H52N6O5. The number of hydrogen-bond donors (Lipinski definition) is 0. The quantitative estimate of drug-likeness (QED) is 0.224. The van der Waals surface area contributed by atoms with Crippen LogP contribution in [0.5, 0.6) is 5.75 Å². The number of carbonyl (C=O) groups excluding carboxylic acids is 2. The molecule has 11 nitrogen and oxygen atoms in total. The number of methoxy groups -OCH3 is 1. The van der Waals surface area contributed by atoms with Gasteiger partial charge in [-0.1, -0.05) is 0 Å². The number of ether oxygens (including phenoxy) is 2. The average molecular weight is 685 g/mol. The molecule has 0 spiro atoms. The largest absolute Gasteiger partial charge is 0.495 e. The van der Waals surface area contributed by atoms with Crippen LogP contribution in [0.15, 0.2) is 41.1 Å². The summed E-state index contributed by atoms with van der Waals surface area (Å²) < 4.78 is 17.1. The minimum Gasteiger partial charge on any atom is -0.495 e. The maximum Gasteiger partial charge on any atom is 0.410 e. The Morgan fingerprint density at radius 2 is 1.68 bits per heavy atom. The Kier molecular flexibility index (Phi) is 9.87. The Labute approximate surface area is 295 Å². The van der Waals surface area contributed by atoms with Crippen molar-refractivity contribution in [1.82, 2.24) is 24.8 Å². The summed E-state index contributed by atoms with van der Waals surface area (Å²) in [6.45, 7) is 6.11. The van der Waals surface area contributed by atoms with Crippen molar-refractivity contribution in [2.75, 3.05) is 45.7 Å². The van der Waals surface area contributed by atoms with Crippen LogP contribution in [0.4, 0.5) is 10.6 Å². The molecule has 268 valence electrons. The number of likely N-dealkylation sites (N-methyl/N-ethyl adjacent to an activating group) is 1. The smallest absolute Gasteiger partial charge is 0.410 e. The highest BCUT2D eigenvalue weighted by Gasteiger charge is 2.44. The molecule has 3 aromatic heterocycles. The lowest BCUT2D eigenvalue weighted by atomic mass is 9.79. The third-order valence-corrected chi connectivity index (χ3v) is 11.7. The van der Waals surface area contributed by atoms with Crippen LogP contribution in [-0.2, 0) is 9.53 Å². The van der Waals surface area contributed by atoms with Crippen molar-refractivity contribution in [3.8, 4) is 17.0 Å². The number of hydrogen-bond acceptors (Lipinski definition) is 9. The summed E-state index contributed by atoms with van der Waals surface area (Å²) in [6.07, 6.45) is 12.2. The zero-order valence-electron chi connectivity index (χ0n) is 30.3. The number of nitrogens with zero attached hydrogens (tertiary/aromatic N) is 6. The summed E-state index contributed by atoms with van der Waals surface area (Å²) in [4.78, 5) is 47.5. The van der Waals surface area contributed by atoms with E-state index in [1.807, 2.05) is 44.1 Å². The molecular weight excluding hydrogens is 632 g/mol. The number of likely N-dealkylation sites (tertiary alicyclic amines) is 1. The standard InChI is InChI=1S/C39H52N6O5/c1-25-34(48-5)17-16-32(41-25)27-8-6-26(7-9-27)21-45(35-20-30(18-19-40-35)33-22-49-36(42-33)28-10-11-28)37(46)29-12-14-31(15-13-29)50-38(47)44-23-39(2,24-44)43(3)4/h16-20,22,26-29,31H,6-15,21,23-24H2,1-5H3. The van der Waals surface area contributed by atoms with Gasteiger partial charge in [0.1, 0.15) is 29.6 Å². The van der Waals surface area contributed by atoms with E-state index in [0.29, 0.717) is 68.9 Å². The van der Waals surface area contributed by atoms with E-state index in [-0.39, 0.29) is 29.6 Å². The Bertz CT molecular complexity index is 1660. The predicted octanol–water partition coefficient (Wildman–Crippen LogP) is 6.96. The van der Waals surface area contributed by atoms with Crippen molar-refractivity contribution in [3.63, 3.8) is 0 Å². The van der Waals surface area contributed by atoms with E-state index in [1.165, 1.54) is 0 Å². The van der Waals surface area contributed by atoms with Gasteiger partial charge in [-0.25, -0.2) is 14.8 Å². The van der Waals surface area contributed by atoms with E-state index in [4.69, 9.17) is 28.8 Å². The number of amides is 2. The van der Waals surface area contributed by atoms with Crippen LogP contribution in [-0.4, -0.2) is 89.2 Å². The third-order valence-electron chi connectivity index (χ3n) is 11.7. The first-order valence-electron chi connectivity index (χ1n) is 18.5. The van der Waals surface area contributed by atoms with Crippen molar-refractivity contribution >= 4 is 17.8 Å². The molecule has 4 fully saturated rings. The van der Waals surface area contributed by atoms with Crippen LogP contribution >= 0.6 is 0 Å². The maximum atomic E-state index is 14.4. The van der Waals surface area contributed by atoms with E-state index in [1.54, 1.807) is 24.5 Å². The lowest BCUT2D eigenvalue weighted by molar-refractivity contribution is -0.124. The Balaban J connectivity index is 1.02. The van der Waals surface area contributed by atoms with Crippen LogP contribution in [0.2, 0.25) is 0 Å². The highest BCUT2D eigenvalue weighted by molar-refractivity contribution is 5.94. The number of aromatic nitrogens is 3. The van der Waals surface area contributed by atoms with E-state index >= 15 is 0 Å². The molecule has 7 rings (SSSR count). The minimum absolute atomic E-state index is 0.00403. The molecule has 3 aliphatic carbocycles. The molecule has 4 heterocycles. The van der Waals surface area contributed by atoms with Crippen LogP contribution in [0.25, 0.3) is 11.3 Å². The first-order valence-corrected chi connectivity index (χ1v) is 18.5. The molecule has 0 unspecified atom stereocenters. The van der Waals surface area contributed by atoms with Gasteiger partial charge >= 0.3 is 6.09 Å². The molecule has 1 saturated heterocycles. The molecule has 0 bridgehead atoms. The lowest BCUT2D eigenvalue weighted by Gasteiger charge is -2.51. The second-order valence-electron chi connectivity index (χ2n) is 15.5. The Morgan fingerprint density at radius 3 is 2.34 bits per heavy atom. The number of aryl methyl sites for hydroxylation is 1. The van der Waals surface area contributed by atoms with Gasteiger partial charge in [-0.2, -0.15) is 0 Å². The number of rotatable bonds is 10. The van der Waals surface area contributed by atoms with Crippen molar-refractivity contribution < 1.29 is 23.5 Å². The molecule has 3 aromatic rings. The normalized spacial score (nSPS) is 24.8. The highest BCUT2D eigenvalue weighted by Crippen LogP contribution is 2.41. The number of oxazole rings is 1. The van der Waals surface area contributed by atoms with Crippen molar-refractivity contribution in [1.29, 1.82) is 0 Å². The third kappa shape index (κ3) is 7.38. The summed E-state index contributed by atoms with van der Waals surface area (Å²) in [7, 11) is 5.77. The van der Waals surface area contributed by atoms with Crippen molar-refractivity contribution in [2.45, 2.75) is 102 Å². The van der Waals surface area contributed by atoms with E-state index < -0.39 is 0 Å². The van der Waals surface area contributed by atoms with Gasteiger partial charge < -0.3 is 23.7 Å². The van der Waals surface area contributed by atoms with Gasteiger partial charge in [0, 0.05) is 54.8 Å². The van der Waals surface area contributed by atoms with Crippen molar-refractivity contribution in [3.05, 3.63) is 54.0 Å². The SMILES string of the molecule is COc1ccc(C2CCC(CN(C(=O)C3CCC(OC(=O)N4CC(C)(N(C)C)C4)CC3)c3cc(-c4coc(C5CC5)n4)ccn3)CC2)nc1C. The van der Waals surface area contributed by atoms with Gasteiger partial charge in [0.15, 0.2) is 5.89 Å². The monoisotopic (exact) mass is 684 g/mol. The Hall–Kier alpha value is -3.99. The average Bonchev–Trinajstić information content (AvgIpc) is 3.85. The number of anilines is 1. The van der Waals surface area contributed by atoms with Gasteiger partial charge in [-0.05, 0) is 122 Å². The first kappa shape index (κ1) is 34.5. The lowest BCUT2D eigenvalue weighted by Crippen LogP contribution is -2.68. The van der Waals surface area contributed by atoms with Gasteiger partial charge in [0.05, 0.1) is 18.3 Å². The molecule has 2 amide bonds. The van der Waals surface area contributed by atoms with Gasteiger partial charge in [0.25, 0.3) is 0 Å². The van der Waals surface area contributed by atoms with Gasteiger partial charge in [-0.15, -0.1) is 0 Å². The summed E-state index contributed by atoms with van der Waals surface area (Å²) in [5.41, 5.74) is 3.72. The zero-order chi connectivity index (χ0) is 35.0. The van der Waals surface area contributed by atoms with Crippen molar-refractivity contribution in [2.24, 2.45) is 11.8 Å². The molecule has 0 N–H and O–H groups in total. The second kappa shape index (κ2) is 14.3. The number of pyridine rings is 2. The highest BCUT2D eigenvalue weighted by atomic mass is 16.6. The first-order chi connectivity index (χ1) is 24.1. The topological polar surface area (TPSA) is 114 Å². The molecule has 0 radical (unpaired) electrons. The summed E-state index contributed by atoms with van der Waals surface area (Å²) in [5, 5.41) is 0. The number of carbonyl (C=O) groups is 2. The molecule has 1 aliphatic heterocycles. The Morgan fingerprint density at radius 1 is 0.960 bits per heavy atom. The summed E-state index contributed by atoms with van der Waals surface area (Å²) in [5.74, 6) is 3.42. The maximum absolute atomic E-state index is 14.4. The van der Waals surface area contributed by atoms with E-state index in [0.717, 1.165) is 72.8 Å².